The lowest BCUT2D eigenvalue weighted by molar-refractivity contribution is -0.274. The van der Waals surface area contributed by atoms with Crippen LogP contribution >= 0.6 is 27.3 Å². The molecule has 2 rings (SSSR count). The predicted molar refractivity (Wildman–Crippen MR) is 73.2 cm³/mol. The molecule has 0 atom stereocenters. The highest BCUT2D eigenvalue weighted by molar-refractivity contribution is 9.10. The molecule has 0 unspecified atom stereocenters. The zero-order valence-corrected chi connectivity index (χ0v) is 12.3. The van der Waals surface area contributed by atoms with E-state index in [4.69, 9.17) is 5.11 Å². The van der Waals surface area contributed by atoms with Gasteiger partial charge in [0.05, 0.1) is 9.98 Å². The highest BCUT2D eigenvalue weighted by Crippen LogP contribution is 2.34. The molecule has 0 amide bonds. The smallest absolute Gasteiger partial charge is 0.476 e. The summed E-state index contributed by atoms with van der Waals surface area (Å²) in [4.78, 5) is 14.6. The summed E-state index contributed by atoms with van der Waals surface area (Å²) in [6.07, 6.45) is -4.79. The summed E-state index contributed by atoms with van der Waals surface area (Å²) in [7, 11) is 0. The fraction of sp³-hybridized carbons (Fsp3) is 0.0909. The zero-order chi connectivity index (χ0) is 15.6. The third-order valence-electron chi connectivity index (χ3n) is 2.19. The molecule has 2 aromatic rings. The number of rotatable bonds is 4. The van der Waals surface area contributed by atoms with Crippen molar-refractivity contribution in [1.82, 2.24) is 4.98 Å². The number of ether oxygens (including phenoxy) is 1. The van der Waals surface area contributed by atoms with Crippen molar-refractivity contribution in [1.29, 1.82) is 0 Å². The fourth-order valence-corrected chi connectivity index (χ4v) is 2.56. The average molecular weight is 383 g/mol. The largest absolute Gasteiger partial charge is 0.573 e. The molecule has 0 aliphatic rings. The number of hydrogen-bond donors (Lipinski definition) is 2. The second-order valence-electron chi connectivity index (χ2n) is 3.65. The van der Waals surface area contributed by atoms with E-state index in [0.29, 0.717) is 5.69 Å². The first kappa shape index (κ1) is 15.6. The van der Waals surface area contributed by atoms with Gasteiger partial charge >= 0.3 is 12.3 Å². The van der Waals surface area contributed by atoms with Crippen molar-refractivity contribution < 1.29 is 27.8 Å². The van der Waals surface area contributed by atoms with Crippen molar-refractivity contribution in [3.63, 3.8) is 0 Å². The van der Waals surface area contributed by atoms with Gasteiger partial charge in [-0.05, 0) is 34.1 Å². The van der Waals surface area contributed by atoms with Crippen LogP contribution in [-0.2, 0) is 0 Å². The van der Waals surface area contributed by atoms with Crippen LogP contribution in [0.25, 0.3) is 0 Å². The Morgan fingerprint density at radius 2 is 2.14 bits per heavy atom. The monoisotopic (exact) mass is 382 g/mol. The van der Waals surface area contributed by atoms with Gasteiger partial charge in [-0.1, -0.05) is 0 Å². The van der Waals surface area contributed by atoms with Gasteiger partial charge in [-0.15, -0.1) is 24.5 Å². The lowest BCUT2D eigenvalue weighted by Gasteiger charge is -2.12. The minimum atomic E-state index is -4.79. The van der Waals surface area contributed by atoms with Crippen molar-refractivity contribution in [2.75, 3.05) is 5.32 Å². The molecular weight excluding hydrogens is 377 g/mol. The number of alkyl halides is 3. The maximum absolute atomic E-state index is 12.1. The Kier molecular flexibility index (Phi) is 4.37. The lowest BCUT2D eigenvalue weighted by Crippen LogP contribution is -2.17. The molecule has 5 nitrogen and oxygen atoms in total. The number of carboxylic acids is 1. The molecule has 0 spiro atoms. The summed E-state index contributed by atoms with van der Waals surface area (Å²) in [5, 5.41) is 12.0. The Bertz CT molecular complexity index is 675. The summed E-state index contributed by atoms with van der Waals surface area (Å²) in [6, 6.07) is 3.78. The Hall–Kier alpha value is -1.81. The lowest BCUT2D eigenvalue weighted by atomic mass is 10.3. The van der Waals surface area contributed by atoms with Crippen LogP contribution in [0.2, 0.25) is 0 Å². The number of aromatic nitrogens is 1. The Morgan fingerprint density at radius 3 is 2.71 bits per heavy atom. The van der Waals surface area contributed by atoms with Crippen molar-refractivity contribution in [2.24, 2.45) is 0 Å². The molecule has 2 N–H and O–H groups in total. The molecule has 0 aliphatic carbocycles. The predicted octanol–water partition coefficient (Wildman–Crippen LogP) is 4.25. The van der Waals surface area contributed by atoms with Gasteiger partial charge in [-0.25, -0.2) is 9.78 Å². The van der Waals surface area contributed by atoms with Crippen LogP contribution < -0.4 is 10.1 Å². The molecular formula is C11H6BrF3N2O3S. The van der Waals surface area contributed by atoms with Crippen molar-refractivity contribution in [2.45, 2.75) is 6.36 Å². The topological polar surface area (TPSA) is 71.5 Å². The van der Waals surface area contributed by atoms with Gasteiger partial charge in [0.25, 0.3) is 0 Å². The molecule has 0 fully saturated rings. The number of carboxylic acid groups (broad SMARTS) is 1. The molecule has 10 heteroatoms. The van der Waals surface area contributed by atoms with Crippen molar-refractivity contribution in [3.05, 3.63) is 33.9 Å². The molecule has 0 aliphatic heterocycles. The number of halogens is 4. The van der Waals surface area contributed by atoms with Crippen LogP contribution in [-0.4, -0.2) is 22.4 Å². The maximum Gasteiger partial charge on any atom is 0.573 e. The quantitative estimate of drug-likeness (QED) is 0.826. The van der Waals surface area contributed by atoms with Gasteiger partial charge in [-0.3, -0.25) is 0 Å². The van der Waals surface area contributed by atoms with E-state index in [9.17, 15) is 18.0 Å². The van der Waals surface area contributed by atoms with E-state index in [1.807, 2.05) is 0 Å². The molecule has 0 saturated carbocycles. The van der Waals surface area contributed by atoms with E-state index in [2.05, 4.69) is 31.0 Å². The van der Waals surface area contributed by atoms with E-state index < -0.39 is 18.1 Å². The number of carbonyl (C=O) groups is 1. The van der Waals surface area contributed by atoms with Gasteiger partial charge < -0.3 is 15.2 Å². The summed E-state index contributed by atoms with van der Waals surface area (Å²) >= 11 is 4.02. The maximum atomic E-state index is 12.1. The zero-order valence-electron chi connectivity index (χ0n) is 9.94. The van der Waals surface area contributed by atoms with Crippen LogP contribution in [0, 0.1) is 0 Å². The number of hydrogen-bond acceptors (Lipinski definition) is 5. The van der Waals surface area contributed by atoms with Crippen LogP contribution in [0.4, 0.5) is 23.9 Å². The summed E-state index contributed by atoms with van der Waals surface area (Å²) < 4.78 is 40.3. The first-order valence-corrected chi connectivity index (χ1v) is 6.92. The van der Waals surface area contributed by atoms with Crippen LogP contribution in [0.1, 0.15) is 10.5 Å². The van der Waals surface area contributed by atoms with E-state index >= 15 is 0 Å². The van der Waals surface area contributed by atoms with Crippen LogP contribution in [0.3, 0.4) is 0 Å². The van der Waals surface area contributed by atoms with E-state index in [0.717, 1.165) is 17.4 Å². The van der Waals surface area contributed by atoms with Crippen LogP contribution in [0.5, 0.6) is 5.75 Å². The van der Waals surface area contributed by atoms with E-state index in [1.165, 1.54) is 17.6 Å². The fourth-order valence-electron chi connectivity index (χ4n) is 1.40. The Labute approximate surface area is 128 Å². The highest BCUT2D eigenvalue weighted by atomic mass is 79.9. The van der Waals surface area contributed by atoms with Crippen LogP contribution in [0.15, 0.2) is 28.2 Å². The number of nitrogens with one attached hydrogen (secondary N) is 1. The summed E-state index contributed by atoms with van der Waals surface area (Å²) in [5.74, 6) is -1.59. The third-order valence-corrected chi connectivity index (χ3v) is 3.55. The molecule has 1 heterocycles. The van der Waals surface area contributed by atoms with Gasteiger partial charge in [0, 0.05) is 5.69 Å². The standard InChI is InChI=1S/C11H6BrF3N2O3S/c12-6-3-5(1-2-7(6)20-11(13,14)15)17-9-8(10(18)19)16-4-21-9/h1-4,17H,(H,18,19). The SMILES string of the molecule is O=C(O)c1ncsc1Nc1ccc(OC(F)(F)F)c(Br)c1. The number of nitrogens with zero attached hydrogens (tertiary/aromatic N) is 1. The highest BCUT2D eigenvalue weighted by Gasteiger charge is 2.32. The number of benzene rings is 1. The minimum absolute atomic E-state index is 0.0752. The number of aromatic carboxylic acids is 1. The van der Waals surface area contributed by atoms with Gasteiger partial charge in [-0.2, -0.15) is 0 Å². The van der Waals surface area contributed by atoms with Gasteiger partial charge in [0.2, 0.25) is 0 Å². The number of anilines is 2. The molecule has 112 valence electrons. The molecule has 0 radical (unpaired) electrons. The second-order valence-corrected chi connectivity index (χ2v) is 5.36. The van der Waals surface area contributed by atoms with Crippen molar-refractivity contribution >= 4 is 43.9 Å². The molecule has 0 saturated heterocycles. The van der Waals surface area contributed by atoms with Gasteiger partial charge in [0.15, 0.2) is 5.69 Å². The van der Waals surface area contributed by atoms with Gasteiger partial charge in [0.1, 0.15) is 10.8 Å². The normalized spacial score (nSPS) is 11.2. The summed E-state index contributed by atoms with van der Waals surface area (Å²) in [6.45, 7) is 0. The number of thiazole rings is 1. The molecule has 0 bridgehead atoms. The molecule has 1 aromatic carbocycles. The first-order chi connectivity index (χ1) is 9.76. The Balaban J connectivity index is 2.21. The second kappa shape index (κ2) is 5.90. The summed E-state index contributed by atoms with van der Waals surface area (Å²) in [5.41, 5.74) is 1.58. The van der Waals surface area contributed by atoms with E-state index in [-0.39, 0.29) is 15.2 Å². The van der Waals surface area contributed by atoms with E-state index in [1.54, 1.807) is 0 Å². The van der Waals surface area contributed by atoms with Crippen molar-refractivity contribution in [3.8, 4) is 5.75 Å². The molecule has 21 heavy (non-hydrogen) atoms. The third kappa shape index (κ3) is 4.08. The minimum Gasteiger partial charge on any atom is -0.476 e. The Morgan fingerprint density at radius 1 is 1.43 bits per heavy atom. The molecule has 1 aromatic heterocycles. The first-order valence-electron chi connectivity index (χ1n) is 5.25. The average Bonchev–Trinajstić information content (AvgIpc) is 2.79.